The van der Waals surface area contributed by atoms with Crippen molar-refractivity contribution in [2.24, 2.45) is 5.41 Å². The van der Waals surface area contributed by atoms with Crippen LogP contribution in [0.15, 0.2) is 96.2 Å². The van der Waals surface area contributed by atoms with Crippen molar-refractivity contribution >= 4 is 39.7 Å². The van der Waals surface area contributed by atoms with E-state index in [9.17, 15) is 9.90 Å². The number of benzene rings is 2. The van der Waals surface area contributed by atoms with Crippen molar-refractivity contribution in [3.05, 3.63) is 114 Å². The Kier molecular flexibility index (Phi) is 8.95. The van der Waals surface area contributed by atoms with Crippen LogP contribution in [0.5, 0.6) is 5.75 Å². The molecule has 0 atom stereocenters. The molecule has 242 valence electrons. The molecule has 0 unspecified atom stereocenters. The lowest BCUT2D eigenvalue weighted by molar-refractivity contribution is -0.146. The minimum Gasteiger partial charge on any atom is -0.486 e. The van der Waals surface area contributed by atoms with Crippen molar-refractivity contribution in [2.75, 3.05) is 0 Å². The van der Waals surface area contributed by atoms with Crippen LogP contribution in [0.2, 0.25) is 0 Å². The third kappa shape index (κ3) is 7.19. The number of ether oxygens (including phenoxy) is 1. The monoisotopic (exact) mass is 655 g/mol. The zero-order valence-electron chi connectivity index (χ0n) is 27.7. The van der Waals surface area contributed by atoms with Crippen molar-refractivity contribution in [3.8, 4) is 22.9 Å². The lowest BCUT2D eigenvalue weighted by Crippen LogP contribution is -2.28. The second-order valence-electron chi connectivity index (χ2n) is 13.5. The van der Waals surface area contributed by atoms with Crippen LogP contribution in [0.25, 0.3) is 33.1 Å². The van der Waals surface area contributed by atoms with E-state index < -0.39 is 11.4 Å². The minimum atomic E-state index is -1.01. The number of aromatic nitrogens is 4. The molecule has 48 heavy (non-hydrogen) atoms. The Morgan fingerprint density at radius 3 is 2.38 bits per heavy atom. The van der Waals surface area contributed by atoms with Gasteiger partial charge in [-0.15, -0.1) is 11.8 Å². The number of hydrogen-bond donors (Lipinski definition) is 1. The number of nitriles is 1. The first kappa shape index (κ1) is 32.7. The molecule has 0 saturated heterocycles. The van der Waals surface area contributed by atoms with E-state index in [-0.39, 0.29) is 4.75 Å². The molecule has 9 heteroatoms. The van der Waals surface area contributed by atoms with Gasteiger partial charge < -0.3 is 14.4 Å². The number of fused-ring (bicyclic) bond motifs is 2. The molecule has 0 amide bonds. The van der Waals surface area contributed by atoms with E-state index in [1.807, 2.05) is 60.7 Å². The Hall–Kier alpha value is -5.20. The normalized spacial score (nSPS) is 11.9. The summed E-state index contributed by atoms with van der Waals surface area (Å²) < 4.78 is 8.25. The van der Waals surface area contributed by atoms with Gasteiger partial charge in [-0.2, -0.15) is 5.26 Å². The molecular formula is C39H37N5O3S. The summed E-state index contributed by atoms with van der Waals surface area (Å²) in [7, 11) is 0. The summed E-state index contributed by atoms with van der Waals surface area (Å²) in [6.45, 7) is 10.8. The van der Waals surface area contributed by atoms with Gasteiger partial charge in [0.05, 0.1) is 22.8 Å². The Bertz CT molecular complexity index is 2160. The van der Waals surface area contributed by atoms with Gasteiger partial charge >= 0.3 is 5.97 Å². The van der Waals surface area contributed by atoms with Crippen LogP contribution < -0.4 is 4.74 Å². The second-order valence-corrected chi connectivity index (χ2v) is 15.3. The van der Waals surface area contributed by atoms with Gasteiger partial charge in [-0.25, -0.2) is 15.0 Å². The molecule has 6 rings (SSSR count). The van der Waals surface area contributed by atoms with Gasteiger partial charge in [0.25, 0.3) is 0 Å². The van der Waals surface area contributed by atoms with Crippen LogP contribution in [0.3, 0.4) is 0 Å². The Labute approximate surface area is 284 Å². The number of nitrogens with zero attached hydrogens (tertiary/aromatic N) is 5. The van der Waals surface area contributed by atoms with E-state index in [1.54, 1.807) is 44.1 Å². The van der Waals surface area contributed by atoms with Crippen LogP contribution >= 0.6 is 11.8 Å². The van der Waals surface area contributed by atoms with Crippen LogP contribution in [0.4, 0.5) is 0 Å². The fourth-order valence-electron chi connectivity index (χ4n) is 5.53. The second kappa shape index (κ2) is 13.1. The zero-order valence-corrected chi connectivity index (χ0v) is 28.5. The number of carboxylic acids is 1. The molecule has 1 N–H and O–H groups in total. The highest BCUT2D eigenvalue weighted by atomic mass is 32.2. The first-order valence-electron chi connectivity index (χ1n) is 15.8. The molecule has 0 aliphatic heterocycles. The summed E-state index contributed by atoms with van der Waals surface area (Å²) in [5.74, 6) is -0.235. The fraction of sp³-hybridized carbons (Fsp3) is 0.256. The molecule has 2 aromatic carbocycles. The Morgan fingerprint density at radius 2 is 1.69 bits per heavy atom. The van der Waals surface area contributed by atoms with E-state index in [0.29, 0.717) is 31.0 Å². The average molecular weight is 656 g/mol. The molecule has 4 aromatic heterocycles. The van der Waals surface area contributed by atoms with Crippen LogP contribution in [-0.2, 0) is 24.4 Å². The summed E-state index contributed by atoms with van der Waals surface area (Å²) >= 11 is 1.72. The van der Waals surface area contributed by atoms with E-state index in [0.717, 1.165) is 54.9 Å². The van der Waals surface area contributed by atoms with Crippen molar-refractivity contribution in [3.63, 3.8) is 0 Å². The molecule has 0 aliphatic rings. The molecule has 8 nitrogen and oxygen atoms in total. The molecule has 0 aliphatic carbocycles. The lowest BCUT2D eigenvalue weighted by Gasteiger charge is -2.24. The van der Waals surface area contributed by atoms with Crippen LogP contribution in [0.1, 0.15) is 57.3 Å². The van der Waals surface area contributed by atoms with Gasteiger partial charge in [-0.05, 0) is 55.3 Å². The maximum atomic E-state index is 12.4. The van der Waals surface area contributed by atoms with Gasteiger partial charge in [0, 0.05) is 50.8 Å². The summed E-state index contributed by atoms with van der Waals surface area (Å²) in [6.07, 6.45) is 3.76. The predicted octanol–water partition coefficient (Wildman–Crippen LogP) is 8.69. The topological polar surface area (TPSA) is 114 Å². The molecule has 0 fully saturated rings. The largest absolute Gasteiger partial charge is 0.486 e. The van der Waals surface area contributed by atoms with Gasteiger partial charge in [-0.1, -0.05) is 69.3 Å². The number of rotatable bonds is 10. The average Bonchev–Trinajstić information content (AvgIpc) is 3.33. The highest BCUT2D eigenvalue weighted by molar-refractivity contribution is 8.00. The number of aliphatic carboxylic acids is 1. The van der Waals surface area contributed by atoms with E-state index in [4.69, 9.17) is 20.0 Å². The molecule has 6 aromatic rings. The maximum absolute atomic E-state index is 12.4. The van der Waals surface area contributed by atoms with Gasteiger partial charge in [0.15, 0.2) is 0 Å². The van der Waals surface area contributed by atoms with Crippen molar-refractivity contribution < 1.29 is 14.6 Å². The molecule has 4 heterocycles. The number of thioether (sulfide) groups is 1. The summed E-state index contributed by atoms with van der Waals surface area (Å²) in [5, 5.41) is 21.3. The smallest absolute Gasteiger partial charge is 0.309 e. The number of carboxylic acid groups (broad SMARTS) is 1. The molecule has 0 spiro atoms. The van der Waals surface area contributed by atoms with Gasteiger partial charge in [0.2, 0.25) is 0 Å². The Balaban J connectivity index is 1.39. The van der Waals surface area contributed by atoms with Gasteiger partial charge in [0.1, 0.15) is 29.8 Å². The SMILES string of the molecule is CC(C)(C)Sc1c(CC(C)(C)C(=O)O)n(Cc2ccc(-c3ccc(C#N)nc3)cc2)c2ncc(OCc3ccc4ccccc4n3)cc12. The highest BCUT2D eigenvalue weighted by Crippen LogP contribution is 2.43. The third-order valence-corrected chi connectivity index (χ3v) is 9.35. The Morgan fingerprint density at radius 1 is 0.938 bits per heavy atom. The standard InChI is InChI=1S/C39H37N5O3S/c1-38(2,3)48-35-32-18-31(47-24-30-17-14-27-8-6-7-9-33(27)43-30)22-42-36(32)44(34(35)19-39(4,5)37(45)46)23-25-10-12-26(13-11-25)28-15-16-29(20-40)41-21-28/h6-18,21-22H,19,23-24H2,1-5H3,(H,45,46). The quantitative estimate of drug-likeness (QED) is 0.146. The third-order valence-electron chi connectivity index (χ3n) is 8.08. The van der Waals surface area contributed by atoms with Crippen LogP contribution in [-0.4, -0.2) is 35.3 Å². The first-order chi connectivity index (χ1) is 22.9. The zero-order chi connectivity index (χ0) is 34.1. The lowest BCUT2D eigenvalue weighted by atomic mass is 9.88. The number of pyridine rings is 3. The van der Waals surface area contributed by atoms with E-state index in [2.05, 4.69) is 48.5 Å². The minimum absolute atomic E-state index is 0.149. The van der Waals surface area contributed by atoms with Crippen molar-refractivity contribution in [1.29, 1.82) is 5.26 Å². The molecule has 0 radical (unpaired) electrons. The number of hydrogen-bond acceptors (Lipinski definition) is 7. The predicted molar refractivity (Wildman–Crippen MR) is 190 cm³/mol. The molecular weight excluding hydrogens is 619 g/mol. The van der Waals surface area contributed by atoms with Crippen LogP contribution in [0, 0.1) is 16.7 Å². The van der Waals surface area contributed by atoms with E-state index in [1.165, 1.54) is 0 Å². The highest BCUT2D eigenvalue weighted by Gasteiger charge is 2.33. The number of para-hydroxylation sites is 1. The summed E-state index contributed by atoms with van der Waals surface area (Å²) in [6, 6.07) is 27.9. The maximum Gasteiger partial charge on any atom is 0.309 e. The first-order valence-corrected chi connectivity index (χ1v) is 16.6. The summed E-state index contributed by atoms with van der Waals surface area (Å²) in [5.41, 5.74) is 5.77. The van der Waals surface area contributed by atoms with E-state index >= 15 is 0 Å². The summed E-state index contributed by atoms with van der Waals surface area (Å²) in [4.78, 5) is 27.3. The van der Waals surface area contributed by atoms with Crippen molar-refractivity contribution in [2.45, 2.75) is 63.8 Å². The molecule has 0 saturated carbocycles. The van der Waals surface area contributed by atoms with Crippen molar-refractivity contribution in [1.82, 2.24) is 19.5 Å². The van der Waals surface area contributed by atoms with Gasteiger partial charge in [-0.3, -0.25) is 4.79 Å². The fourth-order valence-corrected chi connectivity index (χ4v) is 6.70. The number of carbonyl (C=O) groups is 1. The molecule has 0 bridgehead atoms.